The lowest BCUT2D eigenvalue weighted by molar-refractivity contribution is 0.0880. The summed E-state index contributed by atoms with van der Waals surface area (Å²) in [6.07, 6.45) is 0. The molecule has 0 aliphatic carbocycles. The minimum Gasteiger partial charge on any atom is -0.384 e. The molecule has 0 saturated carbocycles. The number of aromatic nitrogens is 1. The Labute approximate surface area is 148 Å². The van der Waals surface area contributed by atoms with Crippen LogP contribution in [0.2, 0.25) is 0 Å². The molecule has 2 heterocycles. The SMILES string of the molecule is Cc1ccccc1-c1cccc(-n2c(N)c3c(cc2=O)C(=O)NC3=O)c1. The molecule has 0 unspecified atom stereocenters. The molecule has 2 amide bonds. The molecule has 128 valence electrons. The second-order valence-corrected chi connectivity index (χ2v) is 6.14. The van der Waals surface area contributed by atoms with Crippen molar-refractivity contribution in [3.8, 4) is 16.8 Å². The number of anilines is 1. The van der Waals surface area contributed by atoms with E-state index in [0.717, 1.165) is 22.8 Å². The zero-order valence-electron chi connectivity index (χ0n) is 13.9. The normalized spacial score (nSPS) is 12.8. The molecule has 1 aliphatic heterocycles. The molecular formula is C20H15N3O3. The molecule has 3 aromatic rings. The van der Waals surface area contributed by atoms with E-state index in [-0.39, 0.29) is 16.9 Å². The molecule has 1 aliphatic rings. The fourth-order valence-corrected chi connectivity index (χ4v) is 3.26. The number of fused-ring (bicyclic) bond motifs is 1. The largest absolute Gasteiger partial charge is 0.384 e. The Morgan fingerprint density at radius 2 is 1.65 bits per heavy atom. The summed E-state index contributed by atoms with van der Waals surface area (Å²) in [7, 11) is 0. The number of nitrogens with zero attached hydrogens (tertiary/aromatic N) is 1. The highest BCUT2D eigenvalue weighted by molar-refractivity contribution is 6.23. The summed E-state index contributed by atoms with van der Waals surface area (Å²) in [5.41, 5.74) is 9.27. The summed E-state index contributed by atoms with van der Waals surface area (Å²) in [6.45, 7) is 2.01. The maximum atomic E-state index is 12.6. The highest BCUT2D eigenvalue weighted by Crippen LogP contribution is 2.27. The van der Waals surface area contributed by atoms with Gasteiger partial charge in [0.1, 0.15) is 5.82 Å². The molecule has 4 rings (SSSR count). The number of pyridine rings is 1. The van der Waals surface area contributed by atoms with E-state index in [0.29, 0.717) is 5.69 Å². The Balaban J connectivity index is 1.93. The number of rotatable bonds is 2. The van der Waals surface area contributed by atoms with Gasteiger partial charge in [-0.25, -0.2) is 0 Å². The van der Waals surface area contributed by atoms with Crippen LogP contribution in [0.3, 0.4) is 0 Å². The number of nitrogen functional groups attached to an aromatic ring is 1. The number of benzene rings is 2. The lowest BCUT2D eigenvalue weighted by Gasteiger charge is -2.13. The van der Waals surface area contributed by atoms with Crippen LogP contribution in [0, 0.1) is 6.92 Å². The van der Waals surface area contributed by atoms with Gasteiger partial charge in [0.05, 0.1) is 16.8 Å². The average molecular weight is 345 g/mol. The first-order valence-electron chi connectivity index (χ1n) is 8.05. The van der Waals surface area contributed by atoms with Gasteiger partial charge in [-0.15, -0.1) is 0 Å². The van der Waals surface area contributed by atoms with E-state index in [1.807, 2.05) is 49.4 Å². The number of aryl methyl sites for hydroxylation is 1. The predicted octanol–water partition coefficient (Wildman–Crippen LogP) is 2.28. The summed E-state index contributed by atoms with van der Waals surface area (Å²) >= 11 is 0. The Hall–Kier alpha value is -3.67. The van der Waals surface area contributed by atoms with E-state index in [9.17, 15) is 14.4 Å². The Morgan fingerprint density at radius 3 is 2.42 bits per heavy atom. The van der Waals surface area contributed by atoms with Crippen molar-refractivity contribution in [3.05, 3.63) is 81.6 Å². The third-order valence-electron chi connectivity index (χ3n) is 4.51. The van der Waals surface area contributed by atoms with Gasteiger partial charge in [-0.1, -0.05) is 36.4 Å². The molecule has 0 fully saturated rings. The van der Waals surface area contributed by atoms with Crippen LogP contribution in [0.15, 0.2) is 59.4 Å². The Bertz CT molecular complexity index is 1150. The van der Waals surface area contributed by atoms with Crippen LogP contribution in [-0.4, -0.2) is 16.4 Å². The smallest absolute Gasteiger partial charge is 0.262 e. The van der Waals surface area contributed by atoms with Crippen molar-refractivity contribution in [1.82, 2.24) is 9.88 Å². The molecule has 26 heavy (non-hydrogen) atoms. The van der Waals surface area contributed by atoms with Crippen molar-refractivity contribution in [2.75, 3.05) is 5.73 Å². The Morgan fingerprint density at radius 1 is 0.885 bits per heavy atom. The number of carbonyl (C=O) groups is 2. The van der Waals surface area contributed by atoms with Crippen LogP contribution in [0.5, 0.6) is 0 Å². The first kappa shape index (κ1) is 15.8. The summed E-state index contributed by atoms with van der Waals surface area (Å²) in [4.78, 5) is 36.3. The molecule has 0 saturated heterocycles. The Kier molecular flexibility index (Phi) is 3.47. The van der Waals surface area contributed by atoms with E-state index in [2.05, 4.69) is 5.32 Å². The van der Waals surface area contributed by atoms with Crippen molar-refractivity contribution >= 4 is 17.6 Å². The zero-order valence-corrected chi connectivity index (χ0v) is 13.9. The maximum Gasteiger partial charge on any atom is 0.262 e. The molecule has 6 nitrogen and oxygen atoms in total. The summed E-state index contributed by atoms with van der Waals surface area (Å²) in [5, 5.41) is 2.16. The van der Waals surface area contributed by atoms with Gasteiger partial charge >= 0.3 is 0 Å². The third kappa shape index (κ3) is 2.31. The van der Waals surface area contributed by atoms with E-state index in [1.54, 1.807) is 6.07 Å². The molecule has 0 radical (unpaired) electrons. The van der Waals surface area contributed by atoms with Crippen LogP contribution in [0.1, 0.15) is 26.3 Å². The number of amides is 2. The van der Waals surface area contributed by atoms with Gasteiger partial charge in [-0.3, -0.25) is 24.3 Å². The molecule has 3 N–H and O–H groups in total. The highest BCUT2D eigenvalue weighted by atomic mass is 16.2. The second kappa shape index (κ2) is 5.70. The molecule has 0 bridgehead atoms. The standard InChI is InChI=1S/C20H15N3O3/c1-11-5-2-3-8-14(11)12-6-4-7-13(9-12)23-16(24)10-15-17(18(23)21)20(26)22-19(15)25/h2-10H,21H2,1H3,(H,22,25,26). The van der Waals surface area contributed by atoms with E-state index in [4.69, 9.17) is 5.73 Å². The van der Waals surface area contributed by atoms with Crippen molar-refractivity contribution in [1.29, 1.82) is 0 Å². The van der Waals surface area contributed by atoms with Crippen LogP contribution >= 0.6 is 0 Å². The topological polar surface area (TPSA) is 94.2 Å². The minimum atomic E-state index is -0.602. The van der Waals surface area contributed by atoms with E-state index >= 15 is 0 Å². The lowest BCUT2D eigenvalue weighted by Crippen LogP contribution is -2.24. The van der Waals surface area contributed by atoms with Crippen LogP contribution in [0.4, 0.5) is 5.82 Å². The molecule has 1 aromatic heterocycles. The lowest BCUT2D eigenvalue weighted by atomic mass is 10.00. The van der Waals surface area contributed by atoms with Crippen LogP contribution < -0.4 is 16.6 Å². The van der Waals surface area contributed by atoms with Crippen molar-refractivity contribution < 1.29 is 9.59 Å². The monoisotopic (exact) mass is 345 g/mol. The average Bonchev–Trinajstić information content (AvgIpc) is 2.89. The molecular weight excluding hydrogens is 330 g/mol. The number of hydrogen-bond acceptors (Lipinski definition) is 4. The minimum absolute atomic E-state index is 0.0174. The van der Waals surface area contributed by atoms with Crippen LogP contribution in [0.25, 0.3) is 16.8 Å². The number of nitrogens with one attached hydrogen (secondary N) is 1. The number of hydrogen-bond donors (Lipinski definition) is 2. The first-order chi connectivity index (χ1) is 12.5. The van der Waals surface area contributed by atoms with Gasteiger partial charge in [0.25, 0.3) is 17.4 Å². The first-order valence-corrected chi connectivity index (χ1v) is 8.05. The van der Waals surface area contributed by atoms with Crippen LogP contribution in [-0.2, 0) is 0 Å². The summed E-state index contributed by atoms with van der Waals surface area (Å²) < 4.78 is 1.25. The second-order valence-electron chi connectivity index (χ2n) is 6.14. The maximum absolute atomic E-state index is 12.6. The van der Waals surface area contributed by atoms with Gasteiger partial charge in [-0.05, 0) is 35.7 Å². The van der Waals surface area contributed by atoms with Gasteiger partial charge in [0.15, 0.2) is 0 Å². The number of nitrogens with two attached hydrogens (primary N) is 1. The molecule has 0 spiro atoms. The van der Waals surface area contributed by atoms with Crippen molar-refractivity contribution in [2.24, 2.45) is 0 Å². The number of carbonyl (C=O) groups excluding carboxylic acids is 2. The highest BCUT2D eigenvalue weighted by Gasteiger charge is 2.31. The molecule has 6 heteroatoms. The quantitative estimate of drug-likeness (QED) is 0.697. The summed E-state index contributed by atoms with van der Waals surface area (Å²) in [6, 6.07) is 16.4. The molecule has 2 aromatic carbocycles. The van der Waals surface area contributed by atoms with Gasteiger partial charge in [0.2, 0.25) is 0 Å². The van der Waals surface area contributed by atoms with Gasteiger partial charge in [-0.2, -0.15) is 0 Å². The van der Waals surface area contributed by atoms with Crippen molar-refractivity contribution in [3.63, 3.8) is 0 Å². The van der Waals surface area contributed by atoms with Gasteiger partial charge in [0, 0.05) is 6.07 Å². The fraction of sp³-hybridized carbons (Fsp3) is 0.0500. The zero-order chi connectivity index (χ0) is 18.4. The third-order valence-corrected chi connectivity index (χ3v) is 4.51. The number of imide groups is 1. The van der Waals surface area contributed by atoms with Gasteiger partial charge < -0.3 is 5.73 Å². The van der Waals surface area contributed by atoms with E-state index in [1.165, 1.54) is 4.57 Å². The molecule has 0 atom stereocenters. The predicted molar refractivity (Wildman–Crippen MR) is 98.4 cm³/mol. The van der Waals surface area contributed by atoms with Crippen molar-refractivity contribution in [2.45, 2.75) is 6.92 Å². The van der Waals surface area contributed by atoms with E-state index < -0.39 is 17.4 Å². The summed E-state index contributed by atoms with van der Waals surface area (Å²) in [5.74, 6) is -1.24. The fourth-order valence-electron chi connectivity index (χ4n) is 3.26.